The van der Waals surface area contributed by atoms with E-state index in [2.05, 4.69) is 20.6 Å². The minimum Gasteiger partial charge on any atom is -0.497 e. The quantitative estimate of drug-likeness (QED) is 0.393. The molecule has 2 aliphatic heterocycles. The number of carbonyl (C=O) groups is 3. The maximum atomic E-state index is 12.8. The lowest BCUT2D eigenvalue weighted by molar-refractivity contribution is -0.119. The van der Waals surface area contributed by atoms with Crippen molar-refractivity contribution in [2.45, 2.75) is 38.1 Å². The standard InChI is InChI=1S/C29H33N7O4/c1-40-23-13-7-19(8-14-23)29(39)33-21-5-4-15-35(18-21)24-17-31-26(27(30)38)28(34-24)32-20-9-11-22(12-10-20)36-16-3-2-6-25(36)37/h7-14,17,21H,2-6,15-16,18H2,1H3,(H2,30,38)(H,32,34)(H,33,39). The molecule has 5 rings (SSSR count). The molecule has 0 saturated carbocycles. The Morgan fingerprint density at radius 1 is 1.02 bits per heavy atom. The minimum absolute atomic E-state index is 0.0282. The summed E-state index contributed by atoms with van der Waals surface area (Å²) in [5.41, 5.74) is 7.70. The van der Waals surface area contributed by atoms with Crippen molar-refractivity contribution in [2.75, 3.05) is 41.9 Å². The normalized spacial score (nSPS) is 17.3. The van der Waals surface area contributed by atoms with Crippen molar-refractivity contribution in [3.8, 4) is 5.75 Å². The highest BCUT2D eigenvalue weighted by Crippen LogP contribution is 2.26. The van der Waals surface area contributed by atoms with Crippen molar-refractivity contribution >= 4 is 40.7 Å². The summed E-state index contributed by atoms with van der Waals surface area (Å²) in [7, 11) is 1.58. The summed E-state index contributed by atoms with van der Waals surface area (Å²) in [5, 5.41) is 6.27. The summed E-state index contributed by atoms with van der Waals surface area (Å²) >= 11 is 0. The van der Waals surface area contributed by atoms with Gasteiger partial charge in [-0.2, -0.15) is 0 Å². The number of piperidine rings is 2. The summed E-state index contributed by atoms with van der Waals surface area (Å²) in [4.78, 5) is 50.0. The fraction of sp³-hybridized carbons (Fsp3) is 0.345. The van der Waals surface area contributed by atoms with Crippen LogP contribution in [0.4, 0.5) is 23.0 Å². The molecule has 1 atom stereocenters. The highest BCUT2D eigenvalue weighted by atomic mass is 16.5. The van der Waals surface area contributed by atoms with Crippen molar-refractivity contribution in [3.63, 3.8) is 0 Å². The van der Waals surface area contributed by atoms with Crippen LogP contribution in [-0.4, -0.2) is 60.5 Å². The molecule has 0 spiro atoms. The predicted molar refractivity (Wildman–Crippen MR) is 152 cm³/mol. The van der Waals surface area contributed by atoms with E-state index in [1.165, 1.54) is 6.20 Å². The third kappa shape index (κ3) is 6.14. The van der Waals surface area contributed by atoms with Crippen LogP contribution in [0.1, 0.15) is 53.0 Å². The molecule has 11 nitrogen and oxygen atoms in total. The van der Waals surface area contributed by atoms with Gasteiger partial charge < -0.3 is 30.9 Å². The molecule has 208 valence electrons. The molecule has 3 heterocycles. The lowest BCUT2D eigenvalue weighted by atomic mass is 10.0. The molecular weight excluding hydrogens is 510 g/mol. The van der Waals surface area contributed by atoms with E-state index in [9.17, 15) is 14.4 Å². The van der Waals surface area contributed by atoms with Crippen molar-refractivity contribution in [3.05, 3.63) is 66.0 Å². The van der Waals surface area contributed by atoms with E-state index >= 15 is 0 Å². The van der Waals surface area contributed by atoms with Gasteiger partial charge in [-0.15, -0.1) is 0 Å². The van der Waals surface area contributed by atoms with E-state index in [-0.39, 0.29) is 29.4 Å². The highest BCUT2D eigenvalue weighted by Gasteiger charge is 2.25. The molecule has 4 N–H and O–H groups in total. The number of benzene rings is 2. The molecule has 1 aromatic heterocycles. The Kier molecular flexibility index (Phi) is 8.09. The largest absolute Gasteiger partial charge is 0.497 e. The lowest BCUT2D eigenvalue weighted by Crippen LogP contribution is -2.48. The van der Waals surface area contributed by atoms with Crippen molar-refractivity contribution in [1.29, 1.82) is 0 Å². The Labute approximate surface area is 232 Å². The van der Waals surface area contributed by atoms with Gasteiger partial charge >= 0.3 is 0 Å². The molecular formula is C29H33N7O4. The monoisotopic (exact) mass is 543 g/mol. The molecule has 2 fully saturated rings. The van der Waals surface area contributed by atoms with E-state index in [0.29, 0.717) is 42.3 Å². The second-order valence-corrected chi connectivity index (χ2v) is 9.95. The van der Waals surface area contributed by atoms with Crippen LogP contribution in [0.25, 0.3) is 0 Å². The number of aromatic nitrogens is 2. The maximum absolute atomic E-state index is 12.8. The van der Waals surface area contributed by atoms with Crippen LogP contribution in [0.15, 0.2) is 54.7 Å². The SMILES string of the molecule is COc1ccc(C(=O)NC2CCCN(c3cnc(C(N)=O)c(Nc4ccc(N5CCCCC5=O)cc4)n3)C2)cc1. The van der Waals surface area contributed by atoms with Crippen LogP contribution in [0, 0.1) is 0 Å². The number of amides is 3. The highest BCUT2D eigenvalue weighted by molar-refractivity contribution is 5.97. The smallest absolute Gasteiger partial charge is 0.271 e. The Hall–Kier alpha value is -4.67. The summed E-state index contributed by atoms with van der Waals surface area (Å²) in [5.74, 6) is 0.794. The van der Waals surface area contributed by atoms with E-state index < -0.39 is 5.91 Å². The van der Waals surface area contributed by atoms with Crippen LogP contribution in [0.2, 0.25) is 0 Å². The Bertz CT molecular complexity index is 1380. The third-order valence-electron chi connectivity index (χ3n) is 7.19. The van der Waals surface area contributed by atoms with Gasteiger partial charge in [-0.25, -0.2) is 9.97 Å². The van der Waals surface area contributed by atoms with Gasteiger partial charge in [-0.3, -0.25) is 14.4 Å². The molecule has 3 aromatic rings. The van der Waals surface area contributed by atoms with Gasteiger partial charge in [0.2, 0.25) is 5.91 Å². The molecule has 1 unspecified atom stereocenters. The molecule has 2 saturated heterocycles. The second kappa shape index (κ2) is 12.0. The summed E-state index contributed by atoms with van der Waals surface area (Å²) < 4.78 is 5.17. The first-order valence-corrected chi connectivity index (χ1v) is 13.5. The molecule has 11 heteroatoms. The number of ether oxygens (including phenoxy) is 1. The van der Waals surface area contributed by atoms with Gasteiger partial charge in [0.15, 0.2) is 11.5 Å². The zero-order valence-electron chi connectivity index (χ0n) is 22.4. The van der Waals surface area contributed by atoms with E-state index in [1.54, 1.807) is 36.3 Å². The number of carbonyl (C=O) groups excluding carboxylic acids is 3. The fourth-order valence-corrected chi connectivity index (χ4v) is 5.05. The predicted octanol–water partition coefficient (Wildman–Crippen LogP) is 3.24. The number of nitrogens with zero attached hydrogens (tertiary/aromatic N) is 4. The first-order valence-electron chi connectivity index (χ1n) is 13.5. The van der Waals surface area contributed by atoms with Crippen LogP contribution in [-0.2, 0) is 4.79 Å². The molecule has 0 bridgehead atoms. The van der Waals surface area contributed by atoms with Gasteiger partial charge in [0.1, 0.15) is 11.6 Å². The molecule has 2 aromatic carbocycles. The summed E-state index contributed by atoms with van der Waals surface area (Å²) in [6.07, 6.45) is 5.69. The third-order valence-corrected chi connectivity index (χ3v) is 7.19. The van der Waals surface area contributed by atoms with Crippen LogP contribution in [0.3, 0.4) is 0 Å². The van der Waals surface area contributed by atoms with E-state index in [4.69, 9.17) is 10.5 Å². The van der Waals surface area contributed by atoms with E-state index in [0.717, 1.165) is 37.9 Å². The molecule has 3 amide bonds. The number of primary amides is 1. The number of hydrogen-bond donors (Lipinski definition) is 3. The van der Waals surface area contributed by atoms with Gasteiger partial charge in [0, 0.05) is 49.0 Å². The van der Waals surface area contributed by atoms with Crippen molar-refractivity contribution < 1.29 is 19.1 Å². The summed E-state index contributed by atoms with van der Waals surface area (Å²) in [6.45, 7) is 1.99. The van der Waals surface area contributed by atoms with Gasteiger partial charge in [0.05, 0.1) is 13.3 Å². The van der Waals surface area contributed by atoms with Crippen molar-refractivity contribution in [1.82, 2.24) is 15.3 Å². The first kappa shape index (κ1) is 26.9. The number of methoxy groups -OCH3 is 1. The molecule has 40 heavy (non-hydrogen) atoms. The molecule has 0 aliphatic carbocycles. The molecule has 0 radical (unpaired) electrons. The molecule has 2 aliphatic rings. The number of nitrogens with two attached hydrogens (primary N) is 1. The Morgan fingerprint density at radius 2 is 1.80 bits per heavy atom. The van der Waals surface area contributed by atoms with Crippen LogP contribution in [0.5, 0.6) is 5.75 Å². The van der Waals surface area contributed by atoms with Crippen molar-refractivity contribution in [2.24, 2.45) is 5.73 Å². The Balaban J connectivity index is 1.28. The number of rotatable bonds is 8. The zero-order chi connectivity index (χ0) is 28.1. The average Bonchev–Trinajstić information content (AvgIpc) is 2.98. The van der Waals surface area contributed by atoms with Gasteiger partial charge in [-0.05, 0) is 74.2 Å². The van der Waals surface area contributed by atoms with Gasteiger partial charge in [-0.1, -0.05) is 0 Å². The zero-order valence-corrected chi connectivity index (χ0v) is 22.4. The first-order chi connectivity index (χ1) is 19.4. The second-order valence-electron chi connectivity index (χ2n) is 9.95. The number of hydrogen-bond acceptors (Lipinski definition) is 8. The fourth-order valence-electron chi connectivity index (χ4n) is 5.05. The van der Waals surface area contributed by atoms with Crippen LogP contribution < -0.4 is 30.9 Å². The lowest BCUT2D eigenvalue weighted by Gasteiger charge is -2.34. The number of nitrogens with one attached hydrogen (secondary N) is 2. The number of anilines is 4. The van der Waals surface area contributed by atoms with Crippen LogP contribution >= 0.6 is 0 Å². The average molecular weight is 544 g/mol. The topological polar surface area (TPSA) is 143 Å². The summed E-state index contributed by atoms with van der Waals surface area (Å²) in [6, 6.07) is 14.3. The maximum Gasteiger partial charge on any atom is 0.271 e. The Morgan fingerprint density at radius 3 is 2.50 bits per heavy atom. The van der Waals surface area contributed by atoms with E-state index in [1.807, 2.05) is 29.2 Å². The van der Waals surface area contributed by atoms with Gasteiger partial charge in [0.25, 0.3) is 11.8 Å². The minimum atomic E-state index is -0.694.